The average molecular weight is 499 g/mol. The molecule has 0 radical (unpaired) electrons. The number of pyridine rings is 1. The summed E-state index contributed by atoms with van der Waals surface area (Å²) < 4.78 is 50.4. The van der Waals surface area contributed by atoms with Crippen molar-refractivity contribution in [3.63, 3.8) is 0 Å². The lowest BCUT2D eigenvalue weighted by Crippen LogP contribution is -2.06. The molecule has 0 saturated carbocycles. The number of alkyl halides is 3. The molecule has 0 N–H and O–H groups in total. The highest BCUT2D eigenvalue weighted by atomic mass is 35.5. The van der Waals surface area contributed by atoms with Gasteiger partial charge in [-0.1, -0.05) is 34.4 Å². The number of esters is 1. The molecule has 7 nitrogen and oxygen atoms in total. The summed E-state index contributed by atoms with van der Waals surface area (Å²) in [4.78, 5) is 20.0. The van der Waals surface area contributed by atoms with E-state index in [1.54, 1.807) is 19.1 Å². The molecule has 3 heterocycles. The van der Waals surface area contributed by atoms with Crippen LogP contribution in [0.4, 0.5) is 13.2 Å². The summed E-state index contributed by atoms with van der Waals surface area (Å²) in [5, 5.41) is 4.21. The molecular formula is C21H15Cl2F3N4O3. The summed E-state index contributed by atoms with van der Waals surface area (Å²) in [6.45, 7) is 2.00. The van der Waals surface area contributed by atoms with Gasteiger partial charge in [-0.25, -0.2) is 9.78 Å². The van der Waals surface area contributed by atoms with Crippen molar-refractivity contribution in [2.45, 2.75) is 25.4 Å². The van der Waals surface area contributed by atoms with Crippen LogP contribution in [0.5, 0.6) is 0 Å². The first kappa shape index (κ1) is 23.1. The lowest BCUT2D eigenvalue weighted by atomic mass is 9.95. The molecular weight excluding hydrogens is 484 g/mol. The van der Waals surface area contributed by atoms with Gasteiger partial charge in [-0.3, -0.25) is 0 Å². The zero-order valence-electron chi connectivity index (χ0n) is 16.9. The lowest BCUT2D eigenvalue weighted by molar-refractivity contribution is -0.138. The first-order chi connectivity index (χ1) is 15.7. The van der Waals surface area contributed by atoms with Crippen LogP contribution in [0.3, 0.4) is 0 Å². The van der Waals surface area contributed by atoms with Gasteiger partial charge in [0.05, 0.1) is 23.1 Å². The normalized spacial score (nSPS) is 16.8. The minimum Gasteiger partial charge on any atom is -0.463 e. The van der Waals surface area contributed by atoms with Gasteiger partial charge in [-0.15, -0.1) is 0 Å². The highest BCUT2D eigenvalue weighted by Gasteiger charge is 2.32. The third kappa shape index (κ3) is 4.96. The second kappa shape index (κ2) is 9.03. The van der Waals surface area contributed by atoms with E-state index in [-0.39, 0.29) is 40.6 Å². The van der Waals surface area contributed by atoms with Gasteiger partial charge in [0.25, 0.3) is 5.89 Å². The maximum absolute atomic E-state index is 13.0. The number of fused-ring (bicyclic) bond motifs is 1. The van der Waals surface area contributed by atoms with Crippen molar-refractivity contribution >= 4 is 34.8 Å². The Labute approximate surface area is 195 Å². The summed E-state index contributed by atoms with van der Waals surface area (Å²) >= 11 is 12.4. The minimum atomic E-state index is -4.55. The number of imidazole rings is 1. The van der Waals surface area contributed by atoms with E-state index in [1.807, 2.05) is 6.08 Å². The number of ether oxygens (including phenoxy) is 1. The number of hydrogen-bond donors (Lipinski definition) is 0. The van der Waals surface area contributed by atoms with Crippen molar-refractivity contribution in [1.29, 1.82) is 0 Å². The predicted molar refractivity (Wildman–Crippen MR) is 114 cm³/mol. The van der Waals surface area contributed by atoms with E-state index in [0.29, 0.717) is 11.5 Å². The molecule has 1 aliphatic carbocycles. The Morgan fingerprint density at radius 2 is 2.12 bits per heavy atom. The quantitative estimate of drug-likeness (QED) is 0.330. The van der Waals surface area contributed by atoms with Gasteiger partial charge in [-0.05, 0) is 37.1 Å². The zero-order valence-corrected chi connectivity index (χ0v) is 18.4. The molecule has 0 spiro atoms. The Morgan fingerprint density at radius 1 is 1.33 bits per heavy atom. The number of aromatic nitrogens is 4. The smallest absolute Gasteiger partial charge is 0.417 e. The largest absolute Gasteiger partial charge is 0.463 e. The Hall–Kier alpha value is -3.11. The Bertz CT molecular complexity index is 1310. The summed E-state index contributed by atoms with van der Waals surface area (Å²) in [5.74, 6) is -0.543. The topological polar surface area (TPSA) is 82.5 Å². The van der Waals surface area contributed by atoms with Gasteiger partial charge in [0.1, 0.15) is 5.69 Å². The van der Waals surface area contributed by atoms with Crippen LogP contribution in [0.25, 0.3) is 17.2 Å². The van der Waals surface area contributed by atoms with Crippen molar-refractivity contribution in [2.24, 2.45) is 0 Å². The summed E-state index contributed by atoms with van der Waals surface area (Å²) in [6, 6.07) is 0.805. The molecule has 0 fully saturated rings. The standard InChI is InChI=1S/C21H15Cl2F3N4O3/c1-2-32-17(31)6-4-11-3-5-13(14(22)7-11)18-28-20(33-29-18)16-10-30-9-12(21(24,25)26)8-15(23)19(30)27-16/h3-4,6-10,13H,2,5H2,1H3/b6-4+. The van der Waals surface area contributed by atoms with Crippen LogP contribution in [0.1, 0.15) is 30.7 Å². The third-order valence-corrected chi connectivity index (χ3v) is 5.38. The molecule has 0 aliphatic heterocycles. The predicted octanol–water partition coefficient (Wildman–Crippen LogP) is 5.71. The van der Waals surface area contributed by atoms with Gasteiger partial charge < -0.3 is 13.7 Å². The molecule has 0 amide bonds. The third-order valence-electron chi connectivity index (χ3n) is 4.73. The molecule has 12 heteroatoms. The lowest BCUT2D eigenvalue weighted by Gasteiger charge is -2.15. The molecule has 0 bridgehead atoms. The first-order valence-electron chi connectivity index (χ1n) is 9.67. The maximum atomic E-state index is 13.0. The average Bonchev–Trinajstić information content (AvgIpc) is 3.39. The number of carbonyl (C=O) groups is 1. The van der Waals surface area contributed by atoms with E-state index < -0.39 is 17.7 Å². The Morgan fingerprint density at radius 3 is 2.82 bits per heavy atom. The fraction of sp³-hybridized carbons (Fsp3) is 0.238. The molecule has 3 aromatic heterocycles. The number of rotatable bonds is 5. The first-order valence-corrected chi connectivity index (χ1v) is 10.4. The summed E-state index contributed by atoms with van der Waals surface area (Å²) in [6.07, 6.45) is 4.52. The second-order valence-electron chi connectivity index (χ2n) is 7.00. The fourth-order valence-corrected chi connectivity index (χ4v) is 3.75. The molecule has 0 saturated heterocycles. The number of carbonyl (C=O) groups excluding carboxylic acids is 1. The molecule has 172 valence electrons. The van der Waals surface area contributed by atoms with Crippen LogP contribution >= 0.6 is 23.2 Å². The molecule has 1 unspecified atom stereocenters. The van der Waals surface area contributed by atoms with Crippen molar-refractivity contribution in [1.82, 2.24) is 19.5 Å². The van der Waals surface area contributed by atoms with Gasteiger partial charge >= 0.3 is 12.1 Å². The van der Waals surface area contributed by atoms with Crippen LogP contribution in [0.2, 0.25) is 5.02 Å². The van der Waals surface area contributed by atoms with Crippen LogP contribution in [-0.4, -0.2) is 32.1 Å². The fourth-order valence-electron chi connectivity index (χ4n) is 3.18. The number of nitrogens with zero attached hydrogens (tertiary/aromatic N) is 4. The highest BCUT2D eigenvalue weighted by Crippen LogP contribution is 2.36. The van der Waals surface area contributed by atoms with Crippen molar-refractivity contribution in [2.75, 3.05) is 6.61 Å². The van der Waals surface area contributed by atoms with Crippen LogP contribution < -0.4 is 0 Å². The molecule has 1 atom stereocenters. The highest BCUT2D eigenvalue weighted by molar-refractivity contribution is 6.33. The van der Waals surface area contributed by atoms with Crippen LogP contribution in [0.15, 0.2) is 57.9 Å². The van der Waals surface area contributed by atoms with Crippen molar-refractivity contribution in [3.05, 3.63) is 69.8 Å². The van der Waals surface area contributed by atoms with E-state index in [9.17, 15) is 18.0 Å². The van der Waals surface area contributed by atoms with Gasteiger partial charge in [-0.2, -0.15) is 18.2 Å². The number of hydrogen-bond acceptors (Lipinski definition) is 6. The maximum Gasteiger partial charge on any atom is 0.417 e. The molecule has 3 aromatic rings. The van der Waals surface area contributed by atoms with Crippen molar-refractivity contribution in [3.8, 4) is 11.6 Å². The van der Waals surface area contributed by atoms with E-state index in [0.717, 1.165) is 22.2 Å². The van der Waals surface area contributed by atoms with Gasteiger partial charge in [0.15, 0.2) is 11.5 Å². The molecule has 0 aromatic carbocycles. The molecule has 4 rings (SSSR count). The monoisotopic (exact) mass is 498 g/mol. The Balaban J connectivity index is 1.55. The van der Waals surface area contributed by atoms with E-state index in [4.69, 9.17) is 32.5 Å². The number of halogens is 5. The minimum absolute atomic E-state index is 0.0137. The molecule has 1 aliphatic rings. The van der Waals surface area contributed by atoms with Crippen LogP contribution in [0, 0.1) is 0 Å². The van der Waals surface area contributed by atoms with Gasteiger partial charge in [0, 0.05) is 23.5 Å². The van der Waals surface area contributed by atoms with Crippen molar-refractivity contribution < 1.29 is 27.2 Å². The van der Waals surface area contributed by atoms with E-state index >= 15 is 0 Å². The summed E-state index contributed by atoms with van der Waals surface area (Å²) in [7, 11) is 0. The van der Waals surface area contributed by atoms with E-state index in [1.165, 1.54) is 12.3 Å². The van der Waals surface area contributed by atoms with Gasteiger partial charge in [0.2, 0.25) is 0 Å². The SMILES string of the molecule is CCOC(=O)/C=C/C1=CCC(c2noc(-c3cn4cc(C(F)(F)F)cc(Cl)c4n3)n2)C(Cl)=C1. The molecule has 33 heavy (non-hydrogen) atoms. The zero-order chi connectivity index (χ0) is 23.8. The number of allylic oxidation sites excluding steroid dienone is 5. The Kier molecular flexibility index (Phi) is 6.31. The van der Waals surface area contributed by atoms with Crippen LogP contribution in [-0.2, 0) is 15.7 Å². The second-order valence-corrected chi connectivity index (χ2v) is 7.84. The van der Waals surface area contributed by atoms with E-state index in [2.05, 4.69) is 15.1 Å². The summed E-state index contributed by atoms with van der Waals surface area (Å²) in [5.41, 5.74) is 0.104.